The first-order chi connectivity index (χ1) is 8.99. The first-order valence-electron chi connectivity index (χ1n) is 5.55. The fourth-order valence-corrected chi connectivity index (χ4v) is 2.43. The minimum Gasteiger partial charge on any atom is -0.266 e. The first-order valence-corrected chi connectivity index (χ1v) is 7.13. The number of carbonyl (C=O) groups is 1. The molecule has 0 fully saturated rings. The Morgan fingerprint density at radius 2 is 1.95 bits per heavy atom. The van der Waals surface area contributed by atoms with Crippen molar-refractivity contribution in [2.45, 2.75) is 11.8 Å². The van der Waals surface area contributed by atoms with Crippen LogP contribution in [0.5, 0.6) is 0 Å². The smallest absolute Gasteiger partial charge is 0.266 e. The summed E-state index contributed by atoms with van der Waals surface area (Å²) in [4.78, 5) is 16.0. The van der Waals surface area contributed by atoms with Crippen molar-refractivity contribution in [2.24, 2.45) is 9.50 Å². The molecule has 0 aliphatic carbocycles. The fourth-order valence-electron chi connectivity index (χ4n) is 1.45. The van der Waals surface area contributed by atoms with Crippen LogP contribution < -0.4 is 5.14 Å². The number of aromatic nitrogens is 1. The molecule has 1 amide bonds. The van der Waals surface area contributed by atoms with Gasteiger partial charge in [0.15, 0.2) is 0 Å². The maximum Gasteiger partial charge on any atom is 0.287 e. The Kier molecular flexibility index (Phi) is 3.73. The number of aryl methyl sites for hydroxylation is 1. The van der Waals surface area contributed by atoms with Gasteiger partial charge < -0.3 is 0 Å². The second kappa shape index (κ2) is 5.29. The molecule has 0 saturated heterocycles. The molecule has 6 heteroatoms. The van der Waals surface area contributed by atoms with Crippen molar-refractivity contribution in [1.29, 1.82) is 0 Å². The Labute approximate surface area is 111 Å². The number of pyridine rings is 1. The molecular formula is C13H13N3O2S. The van der Waals surface area contributed by atoms with Gasteiger partial charge in [-0.15, -0.1) is 4.36 Å². The van der Waals surface area contributed by atoms with Crippen LogP contribution in [0, 0.1) is 6.92 Å². The molecule has 1 heterocycles. The third kappa shape index (κ3) is 3.24. The molecule has 5 nitrogen and oxygen atoms in total. The molecule has 98 valence electrons. The number of hydrogen-bond donors (Lipinski definition) is 1. The van der Waals surface area contributed by atoms with Crippen LogP contribution in [0.25, 0.3) is 0 Å². The highest BCUT2D eigenvalue weighted by Gasteiger charge is 2.11. The summed E-state index contributed by atoms with van der Waals surface area (Å²) in [6, 6.07) is 9.91. The number of amides is 1. The van der Waals surface area contributed by atoms with Crippen LogP contribution in [0.3, 0.4) is 0 Å². The molecule has 2 aromatic rings. The Hall–Kier alpha value is -2.05. The Morgan fingerprint density at radius 3 is 2.53 bits per heavy atom. The number of rotatable bonds is 2. The maximum absolute atomic E-state index is 12.3. The summed E-state index contributed by atoms with van der Waals surface area (Å²) in [5.74, 6) is -0.638. The summed E-state index contributed by atoms with van der Waals surface area (Å²) >= 11 is 0. The van der Waals surface area contributed by atoms with Crippen molar-refractivity contribution in [3.8, 4) is 0 Å². The van der Waals surface area contributed by atoms with E-state index in [-0.39, 0.29) is 5.56 Å². The molecule has 0 aliphatic rings. The minimum atomic E-state index is -3.23. The SMILES string of the molecule is Cc1ccc(S(N)(=O)=NC(=O)c2cccnc2)cc1. The van der Waals surface area contributed by atoms with Crippen molar-refractivity contribution in [1.82, 2.24) is 4.98 Å². The van der Waals surface area contributed by atoms with E-state index in [0.717, 1.165) is 5.56 Å². The van der Waals surface area contributed by atoms with Crippen molar-refractivity contribution in [2.75, 3.05) is 0 Å². The van der Waals surface area contributed by atoms with Crippen LogP contribution in [0.4, 0.5) is 0 Å². The molecule has 1 unspecified atom stereocenters. The zero-order chi connectivity index (χ0) is 13.9. The third-order valence-corrected chi connectivity index (χ3v) is 3.87. The average molecular weight is 275 g/mol. The van der Waals surface area contributed by atoms with Gasteiger partial charge in [-0.05, 0) is 31.2 Å². The van der Waals surface area contributed by atoms with Gasteiger partial charge in [-0.3, -0.25) is 9.78 Å². The van der Waals surface area contributed by atoms with Gasteiger partial charge in [-0.2, -0.15) is 0 Å². The lowest BCUT2D eigenvalue weighted by atomic mass is 10.2. The van der Waals surface area contributed by atoms with Gasteiger partial charge in [-0.25, -0.2) is 9.35 Å². The van der Waals surface area contributed by atoms with Crippen LogP contribution >= 0.6 is 0 Å². The number of carbonyl (C=O) groups excluding carboxylic acids is 1. The van der Waals surface area contributed by atoms with Gasteiger partial charge in [0.05, 0.1) is 10.5 Å². The van der Waals surface area contributed by atoms with Crippen LogP contribution in [-0.4, -0.2) is 15.1 Å². The van der Waals surface area contributed by atoms with Crippen LogP contribution in [-0.2, 0) is 9.92 Å². The van der Waals surface area contributed by atoms with E-state index >= 15 is 0 Å². The van der Waals surface area contributed by atoms with E-state index in [0.29, 0.717) is 4.90 Å². The van der Waals surface area contributed by atoms with Crippen LogP contribution in [0.1, 0.15) is 15.9 Å². The predicted octanol–water partition coefficient (Wildman–Crippen LogP) is 1.93. The molecule has 1 aromatic carbocycles. The van der Waals surface area contributed by atoms with E-state index < -0.39 is 15.8 Å². The van der Waals surface area contributed by atoms with Gasteiger partial charge in [0, 0.05) is 12.4 Å². The summed E-state index contributed by atoms with van der Waals surface area (Å²) in [6.45, 7) is 1.90. The lowest BCUT2D eigenvalue weighted by molar-refractivity contribution is 0.100. The molecule has 0 bridgehead atoms. The van der Waals surface area contributed by atoms with Gasteiger partial charge in [0.2, 0.25) is 0 Å². The molecular weight excluding hydrogens is 262 g/mol. The standard InChI is InChI=1S/C13H13N3O2S/c1-10-4-6-12(7-5-10)19(14,18)16-13(17)11-3-2-8-15-9-11/h2-9H,1H3,(H2,14,16,17,18). The molecule has 0 aliphatic heterocycles. The highest BCUT2D eigenvalue weighted by molar-refractivity contribution is 7.91. The Balaban J connectivity index is 2.39. The fraction of sp³-hybridized carbons (Fsp3) is 0.0769. The Morgan fingerprint density at radius 1 is 1.26 bits per heavy atom. The molecule has 1 aromatic heterocycles. The summed E-state index contributed by atoms with van der Waals surface area (Å²) in [7, 11) is -3.23. The molecule has 19 heavy (non-hydrogen) atoms. The van der Waals surface area contributed by atoms with E-state index in [1.807, 2.05) is 6.92 Å². The monoisotopic (exact) mass is 275 g/mol. The highest BCUT2D eigenvalue weighted by Crippen LogP contribution is 2.11. The molecule has 2 rings (SSSR count). The molecule has 1 atom stereocenters. The summed E-state index contributed by atoms with van der Waals surface area (Å²) in [5.41, 5.74) is 1.27. The quantitative estimate of drug-likeness (QED) is 0.908. The van der Waals surface area contributed by atoms with Crippen LogP contribution in [0.15, 0.2) is 58.1 Å². The van der Waals surface area contributed by atoms with Gasteiger partial charge in [0.25, 0.3) is 5.91 Å². The van der Waals surface area contributed by atoms with Gasteiger partial charge >= 0.3 is 0 Å². The number of hydrogen-bond acceptors (Lipinski definition) is 3. The maximum atomic E-state index is 12.3. The van der Waals surface area contributed by atoms with E-state index in [2.05, 4.69) is 9.35 Å². The van der Waals surface area contributed by atoms with Crippen molar-refractivity contribution in [3.05, 3.63) is 59.9 Å². The Bertz CT molecular complexity index is 702. The molecule has 0 spiro atoms. The molecule has 2 N–H and O–H groups in total. The second-order valence-electron chi connectivity index (χ2n) is 4.02. The highest BCUT2D eigenvalue weighted by atomic mass is 32.2. The first kappa shape index (κ1) is 13.4. The normalized spacial score (nSPS) is 13.6. The lowest BCUT2D eigenvalue weighted by Crippen LogP contribution is -2.15. The topological polar surface area (TPSA) is 85.4 Å². The molecule has 0 saturated carbocycles. The lowest BCUT2D eigenvalue weighted by Gasteiger charge is -2.04. The predicted molar refractivity (Wildman–Crippen MR) is 72.8 cm³/mol. The van der Waals surface area contributed by atoms with Gasteiger partial charge in [-0.1, -0.05) is 17.7 Å². The minimum absolute atomic E-state index is 0.257. The molecule has 0 radical (unpaired) electrons. The summed E-state index contributed by atoms with van der Waals surface area (Å²) < 4.78 is 15.9. The third-order valence-electron chi connectivity index (χ3n) is 2.49. The van der Waals surface area contributed by atoms with Crippen molar-refractivity contribution < 1.29 is 9.00 Å². The van der Waals surface area contributed by atoms with E-state index in [9.17, 15) is 9.00 Å². The largest absolute Gasteiger partial charge is 0.287 e. The zero-order valence-electron chi connectivity index (χ0n) is 10.3. The van der Waals surface area contributed by atoms with Gasteiger partial charge in [0.1, 0.15) is 9.92 Å². The van der Waals surface area contributed by atoms with Crippen molar-refractivity contribution >= 4 is 15.8 Å². The van der Waals surface area contributed by atoms with E-state index in [1.165, 1.54) is 12.4 Å². The average Bonchev–Trinajstić information content (AvgIpc) is 2.40. The van der Waals surface area contributed by atoms with Crippen LogP contribution in [0.2, 0.25) is 0 Å². The van der Waals surface area contributed by atoms with Crippen molar-refractivity contribution in [3.63, 3.8) is 0 Å². The number of nitrogens with two attached hydrogens (primary N) is 1. The van der Waals surface area contributed by atoms with E-state index in [1.54, 1.807) is 36.4 Å². The second-order valence-corrected chi connectivity index (χ2v) is 5.81. The summed E-state index contributed by atoms with van der Waals surface area (Å²) in [5, 5.41) is 5.65. The zero-order valence-corrected chi connectivity index (χ0v) is 11.1. The number of nitrogens with zero attached hydrogens (tertiary/aromatic N) is 2. The summed E-state index contributed by atoms with van der Waals surface area (Å²) in [6.07, 6.45) is 2.90. The van der Waals surface area contributed by atoms with E-state index in [4.69, 9.17) is 5.14 Å². The number of benzene rings is 1.